The van der Waals surface area contributed by atoms with E-state index < -0.39 is 0 Å². The molecule has 0 aromatic carbocycles. The summed E-state index contributed by atoms with van der Waals surface area (Å²) in [6, 6.07) is 3.63. The normalized spacial score (nSPS) is 10.3. The molecule has 0 aliphatic heterocycles. The Morgan fingerprint density at radius 1 is 1.45 bits per heavy atom. The molecule has 2 aromatic rings. The number of nitrogens with one attached hydrogen (secondary N) is 1. The number of rotatable bonds is 5. The van der Waals surface area contributed by atoms with Crippen LogP contribution in [0.2, 0.25) is 0 Å². The lowest BCUT2D eigenvalue weighted by Crippen LogP contribution is -2.22. The molecular weight excluding hydrogens is 272 g/mol. The maximum atomic E-state index is 11.8. The van der Waals surface area contributed by atoms with E-state index in [1.807, 2.05) is 13.0 Å². The summed E-state index contributed by atoms with van der Waals surface area (Å²) in [6.07, 6.45) is 2.52. The van der Waals surface area contributed by atoms with Gasteiger partial charge in [-0.1, -0.05) is 0 Å². The molecule has 0 spiro atoms. The highest BCUT2D eigenvalue weighted by Gasteiger charge is 2.09. The summed E-state index contributed by atoms with van der Waals surface area (Å²) < 4.78 is 0. The number of hydrogen-bond donors (Lipinski definition) is 1. The van der Waals surface area contributed by atoms with Crippen LogP contribution in [0, 0.1) is 6.92 Å². The zero-order valence-electron chi connectivity index (χ0n) is 11.9. The number of hydrogen-bond acceptors (Lipinski definition) is 5. The van der Waals surface area contributed by atoms with Gasteiger partial charge in [0.2, 0.25) is 0 Å². The zero-order valence-corrected chi connectivity index (χ0v) is 12.7. The second-order valence-corrected chi connectivity index (χ2v) is 5.63. The Bertz CT molecular complexity index is 594. The third-order valence-electron chi connectivity index (χ3n) is 2.72. The predicted molar refractivity (Wildman–Crippen MR) is 81.3 cm³/mol. The van der Waals surface area contributed by atoms with Gasteiger partial charge in [0.05, 0.1) is 5.01 Å². The van der Waals surface area contributed by atoms with E-state index in [4.69, 9.17) is 0 Å². The standard InChI is InChI=1S/C14H18N4OS/c1-10-9-20-13(17-10)5-7-15-11-4-6-16-12(8-11)14(19)18(2)3/h4,6,8-9H,5,7H2,1-3H3,(H,15,16). The van der Waals surface area contributed by atoms with E-state index >= 15 is 0 Å². The first-order valence-corrected chi connectivity index (χ1v) is 7.27. The molecule has 20 heavy (non-hydrogen) atoms. The van der Waals surface area contributed by atoms with Crippen molar-refractivity contribution in [3.8, 4) is 0 Å². The van der Waals surface area contributed by atoms with Gasteiger partial charge in [-0.3, -0.25) is 9.78 Å². The first-order valence-electron chi connectivity index (χ1n) is 6.39. The molecule has 1 amide bonds. The molecule has 106 valence electrons. The Hall–Kier alpha value is -1.95. The minimum Gasteiger partial charge on any atom is -0.385 e. The highest BCUT2D eigenvalue weighted by Crippen LogP contribution is 2.12. The van der Waals surface area contributed by atoms with Crippen molar-refractivity contribution < 1.29 is 4.79 Å². The largest absolute Gasteiger partial charge is 0.385 e. The summed E-state index contributed by atoms with van der Waals surface area (Å²) >= 11 is 1.67. The van der Waals surface area contributed by atoms with Gasteiger partial charge in [0.25, 0.3) is 5.91 Å². The van der Waals surface area contributed by atoms with Crippen LogP contribution < -0.4 is 5.32 Å². The van der Waals surface area contributed by atoms with E-state index in [0.717, 1.165) is 29.4 Å². The summed E-state index contributed by atoms with van der Waals surface area (Å²) in [7, 11) is 3.43. The van der Waals surface area contributed by atoms with Crippen LogP contribution >= 0.6 is 11.3 Å². The van der Waals surface area contributed by atoms with Gasteiger partial charge < -0.3 is 10.2 Å². The van der Waals surface area contributed by atoms with Crippen LogP contribution in [0.4, 0.5) is 5.69 Å². The molecule has 0 saturated heterocycles. The lowest BCUT2D eigenvalue weighted by atomic mass is 10.3. The maximum Gasteiger partial charge on any atom is 0.272 e. The van der Waals surface area contributed by atoms with Gasteiger partial charge in [-0.05, 0) is 19.1 Å². The van der Waals surface area contributed by atoms with Crippen LogP contribution in [-0.2, 0) is 6.42 Å². The van der Waals surface area contributed by atoms with Crippen LogP contribution in [0.5, 0.6) is 0 Å². The summed E-state index contributed by atoms with van der Waals surface area (Å²) in [5, 5.41) is 6.46. The number of pyridine rings is 1. The average Bonchev–Trinajstić information content (AvgIpc) is 2.84. The molecule has 2 rings (SSSR count). The van der Waals surface area contributed by atoms with E-state index in [1.165, 1.54) is 4.90 Å². The minimum atomic E-state index is -0.0933. The average molecular weight is 290 g/mol. The van der Waals surface area contributed by atoms with Crippen molar-refractivity contribution in [2.75, 3.05) is 26.0 Å². The molecular formula is C14H18N4OS. The monoisotopic (exact) mass is 290 g/mol. The number of thiazole rings is 1. The lowest BCUT2D eigenvalue weighted by molar-refractivity contribution is 0.0822. The number of carbonyl (C=O) groups is 1. The van der Waals surface area contributed by atoms with Gasteiger partial charge in [0.15, 0.2) is 0 Å². The Morgan fingerprint density at radius 3 is 2.90 bits per heavy atom. The third-order valence-corrected chi connectivity index (χ3v) is 3.75. The van der Waals surface area contributed by atoms with E-state index in [2.05, 4.69) is 20.7 Å². The van der Waals surface area contributed by atoms with E-state index in [1.54, 1.807) is 37.7 Å². The molecule has 0 aliphatic rings. The molecule has 6 heteroatoms. The minimum absolute atomic E-state index is 0.0933. The fourth-order valence-corrected chi connectivity index (χ4v) is 2.49. The summed E-state index contributed by atoms with van der Waals surface area (Å²) in [6.45, 7) is 2.78. The fraction of sp³-hybridized carbons (Fsp3) is 0.357. The molecule has 2 heterocycles. The molecule has 0 radical (unpaired) electrons. The zero-order chi connectivity index (χ0) is 14.5. The lowest BCUT2D eigenvalue weighted by Gasteiger charge is -2.11. The van der Waals surface area contributed by atoms with Crippen LogP contribution in [0.3, 0.4) is 0 Å². The molecule has 5 nitrogen and oxygen atoms in total. The molecule has 0 saturated carbocycles. The van der Waals surface area contributed by atoms with E-state index in [0.29, 0.717) is 5.69 Å². The Kier molecular flexibility index (Phi) is 4.68. The Balaban J connectivity index is 1.93. The van der Waals surface area contributed by atoms with Crippen LogP contribution in [0.1, 0.15) is 21.2 Å². The maximum absolute atomic E-state index is 11.8. The highest BCUT2D eigenvalue weighted by atomic mass is 32.1. The predicted octanol–water partition coefficient (Wildman–Crippen LogP) is 2.20. The Labute approximate surface area is 122 Å². The van der Waals surface area contributed by atoms with Crippen molar-refractivity contribution in [1.82, 2.24) is 14.9 Å². The van der Waals surface area contributed by atoms with Crippen molar-refractivity contribution in [3.05, 3.63) is 40.1 Å². The van der Waals surface area contributed by atoms with Gasteiger partial charge in [-0.25, -0.2) is 4.98 Å². The third kappa shape index (κ3) is 3.77. The van der Waals surface area contributed by atoms with E-state index in [-0.39, 0.29) is 5.91 Å². The SMILES string of the molecule is Cc1csc(CCNc2ccnc(C(=O)N(C)C)c2)n1. The summed E-state index contributed by atoms with van der Waals surface area (Å²) in [5.41, 5.74) is 2.41. The molecule has 2 aromatic heterocycles. The van der Waals surface area contributed by atoms with Gasteiger partial charge in [-0.2, -0.15) is 0 Å². The highest BCUT2D eigenvalue weighted by molar-refractivity contribution is 7.09. The fourth-order valence-electron chi connectivity index (χ4n) is 1.72. The smallest absolute Gasteiger partial charge is 0.272 e. The number of aryl methyl sites for hydroxylation is 1. The van der Waals surface area contributed by atoms with Gasteiger partial charge >= 0.3 is 0 Å². The second-order valence-electron chi connectivity index (χ2n) is 4.69. The second kappa shape index (κ2) is 6.47. The molecule has 0 unspecified atom stereocenters. The molecule has 0 bridgehead atoms. The van der Waals surface area contributed by atoms with Crippen LogP contribution in [-0.4, -0.2) is 41.4 Å². The van der Waals surface area contributed by atoms with Gasteiger partial charge in [0.1, 0.15) is 5.69 Å². The first-order chi connectivity index (χ1) is 9.56. The van der Waals surface area contributed by atoms with Gasteiger partial charge in [0, 0.05) is 50.0 Å². The number of carbonyl (C=O) groups excluding carboxylic acids is 1. The number of anilines is 1. The summed E-state index contributed by atoms with van der Waals surface area (Å²) in [4.78, 5) is 21.8. The Morgan fingerprint density at radius 2 is 2.25 bits per heavy atom. The molecule has 0 aliphatic carbocycles. The van der Waals surface area contributed by atoms with Crippen molar-refractivity contribution in [1.29, 1.82) is 0 Å². The van der Waals surface area contributed by atoms with Crippen molar-refractivity contribution in [2.45, 2.75) is 13.3 Å². The summed E-state index contributed by atoms with van der Waals surface area (Å²) in [5.74, 6) is -0.0933. The van der Waals surface area contributed by atoms with Crippen molar-refractivity contribution in [2.24, 2.45) is 0 Å². The topological polar surface area (TPSA) is 58.1 Å². The van der Waals surface area contributed by atoms with Crippen LogP contribution in [0.15, 0.2) is 23.7 Å². The molecule has 0 atom stereocenters. The van der Waals surface area contributed by atoms with Crippen molar-refractivity contribution >= 4 is 22.9 Å². The van der Waals surface area contributed by atoms with Gasteiger partial charge in [-0.15, -0.1) is 11.3 Å². The van der Waals surface area contributed by atoms with Crippen LogP contribution in [0.25, 0.3) is 0 Å². The number of nitrogens with zero attached hydrogens (tertiary/aromatic N) is 3. The molecule has 1 N–H and O–H groups in total. The first kappa shape index (κ1) is 14.5. The quantitative estimate of drug-likeness (QED) is 0.917. The number of amides is 1. The molecule has 0 fully saturated rings. The van der Waals surface area contributed by atoms with Crippen molar-refractivity contribution in [3.63, 3.8) is 0 Å². The number of aromatic nitrogens is 2. The van der Waals surface area contributed by atoms with E-state index in [9.17, 15) is 4.79 Å².